The van der Waals surface area contributed by atoms with Crippen LogP contribution in [0.2, 0.25) is 10.0 Å². The lowest BCUT2D eigenvalue weighted by Crippen LogP contribution is -2.11. The summed E-state index contributed by atoms with van der Waals surface area (Å²) in [7, 11) is 0. The van der Waals surface area contributed by atoms with Gasteiger partial charge in [-0.15, -0.1) is 0 Å². The number of hydrogen-bond acceptors (Lipinski definition) is 6. The molecule has 0 aromatic heterocycles. The van der Waals surface area contributed by atoms with Crippen LogP contribution in [-0.4, -0.2) is 28.8 Å². The standard InChI is InChI=1S/C12H9Cl2FN2O5/c1-2-22-12(19)6(4-16)11(18)5-3-7(15)9(14)10(8(5)13)17(20)21/h3-4,16,18H,2H2,1H3. The predicted octanol–water partition coefficient (Wildman–Crippen LogP) is 3.52. The fourth-order valence-corrected chi connectivity index (χ4v) is 2.07. The summed E-state index contributed by atoms with van der Waals surface area (Å²) in [5.41, 5.74) is -2.15. The van der Waals surface area contributed by atoms with Gasteiger partial charge in [0.1, 0.15) is 22.2 Å². The molecule has 0 saturated heterocycles. The van der Waals surface area contributed by atoms with E-state index in [1.807, 2.05) is 0 Å². The van der Waals surface area contributed by atoms with Gasteiger partial charge in [0.25, 0.3) is 0 Å². The Morgan fingerprint density at radius 2 is 2.14 bits per heavy atom. The maximum absolute atomic E-state index is 13.7. The molecule has 2 N–H and O–H groups in total. The number of ether oxygens (including phenoxy) is 1. The molecule has 0 aliphatic carbocycles. The lowest BCUT2D eigenvalue weighted by atomic mass is 10.1. The topological polar surface area (TPSA) is 114 Å². The average molecular weight is 351 g/mol. The van der Waals surface area contributed by atoms with Gasteiger partial charge in [-0.2, -0.15) is 0 Å². The summed E-state index contributed by atoms with van der Waals surface area (Å²) in [5.74, 6) is -3.21. The molecule has 0 amide bonds. The highest BCUT2D eigenvalue weighted by Crippen LogP contribution is 2.39. The maximum Gasteiger partial charge on any atom is 0.343 e. The van der Waals surface area contributed by atoms with E-state index >= 15 is 0 Å². The van der Waals surface area contributed by atoms with E-state index in [0.29, 0.717) is 12.3 Å². The van der Waals surface area contributed by atoms with E-state index in [2.05, 4.69) is 4.74 Å². The molecule has 0 heterocycles. The van der Waals surface area contributed by atoms with Crippen molar-refractivity contribution in [3.63, 3.8) is 0 Å². The first-order chi connectivity index (χ1) is 10.3. The van der Waals surface area contributed by atoms with Crippen LogP contribution in [0.4, 0.5) is 10.1 Å². The molecule has 0 unspecified atom stereocenters. The van der Waals surface area contributed by atoms with E-state index in [0.717, 1.165) is 0 Å². The number of aliphatic hydroxyl groups excluding tert-OH is 1. The number of nitrogens with zero attached hydrogens (tertiary/aromatic N) is 1. The van der Waals surface area contributed by atoms with Crippen molar-refractivity contribution in [3.8, 4) is 0 Å². The Kier molecular flexibility index (Phi) is 5.84. The van der Waals surface area contributed by atoms with Gasteiger partial charge in [0.05, 0.1) is 11.5 Å². The van der Waals surface area contributed by atoms with Crippen LogP contribution in [0.5, 0.6) is 0 Å². The molecular weight excluding hydrogens is 342 g/mol. The SMILES string of the molecule is CCOC(=O)C(C=N)=C(O)c1cc(F)c(Cl)c([N+](=O)[O-])c1Cl. The minimum Gasteiger partial charge on any atom is -0.506 e. The second-order valence-corrected chi connectivity index (χ2v) is 4.52. The summed E-state index contributed by atoms with van der Waals surface area (Å²) in [6.07, 6.45) is 0.460. The number of halogens is 3. The number of nitro benzene ring substituents is 1. The van der Waals surface area contributed by atoms with Gasteiger partial charge in [-0.25, -0.2) is 9.18 Å². The van der Waals surface area contributed by atoms with E-state index in [1.54, 1.807) is 0 Å². The molecule has 0 bridgehead atoms. The van der Waals surface area contributed by atoms with Crippen molar-refractivity contribution in [1.82, 2.24) is 0 Å². The average Bonchev–Trinajstić information content (AvgIpc) is 2.43. The minimum atomic E-state index is -1.22. The zero-order valence-corrected chi connectivity index (χ0v) is 12.5. The summed E-state index contributed by atoms with van der Waals surface area (Å²) >= 11 is 11.2. The van der Waals surface area contributed by atoms with Gasteiger partial charge < -0.3 is 15.3 Å². The Balaban J connectivity index is 3.65. The summed E-state index contributed by atoms with van der Waals surface area (Å²) in [5, 5.41) is 26.5. The van der Waals surface area contributed by atoms with E-state index in [9.17, 15) is 24.4 Å². The van der Waals surface area contributed by atoms with E-state index < -0.39 is 49.3 Å². The van der Waals surface area contributed by atoms with E-state index in [4.69, 9.17) is 28.6 Å². The lowest BCUT2D eigenvalue weighted by Gasteiger charge is -2.09. The van der Waals surface area contributed by atoms with Crippen molar-refractivity contribution < 1.29 is 24.0 Å². The predicted molar refractivity (Wildman–Crippen MR) is 78.0 cm³/mol. The van der Waals surface area contributed by atoms with E-state index in [1.165, 1.54) is 6.92 Å². The monoisotopic (exact) mass is 350 g/mol. The van der Waals surface area contributed by atoms with Crippen molar-refractivity contribution in [3.05, 3.63) is 43.2 Å². The van der Waals surface area contributed by atoms with Crippen LogP contribution in [0.1, 0.15) is 12.5 Å². The number of rotatable bonds is 5. The molecule has 1 rings (SSSR count). The Morgan fingerprint density at radius 1 is 1.55 bits per heavy atom. The van der Waals surface area contributed by atoms with Crippen molar-refractivity contribution >= 4 is 46.8 Å². The number of hydrogen-bond donors (Lipinski definition) is 2. The quantitative estimate of drug-likeness (QED) is 0.160. The van der Waals surface area contributed by atoms with Crippen LogP contribution in [0.15, 0.2) is 11.6 Å². The number of nitrogens with one attached hydrogen (secondary N) is 1. The molecular formula is C12H9Cl2FN2O5. The number of carbonyl (C=O) groups excluding carboxylic acids is 1. The summed E-state index contributed by atoms with van der Waals surface area (Å²) < 4.78 is 18.3. The molecule has 1 aromatic carbocycles. The number of carbonyl (C=O) groups is 1. The third-order valence-electron chi connectivity index (χ3n) is 2.47. The largest absolute Gasteiger partial charge is 0.506 e. The van der Waals surface area contributed by atoms with Gasteiger partial charge >= 0.3 is 11.7 Å². The fraction of sp³-hybridized carbons (Fsp3) is 0.167. The molecule has 7 nitrogen and oxygen atoms in total. The zero-order valence-electron chi connectivity index (χ0n) is 11.0. The van der Waals surface area contributed by atoms with Gasteiger partial charge in [0.2, 0.25) is 0 Å². The van der Waals surface area contributed by atoms with Crippen LogP contribution in [0.25, 0.3) is 5.76 Å². The van der Waals surface area contributed by atoms with Gasteiger partial charge in [0.15, 0.2) is 5.02 Å². The van der Waals surface area contributed by atoms with Gasteiger partial charge in [-0.05, 0) is 13.0 Å². The molecule has 0 atom stereocenters. The van der Waals surface area contributed by atoms with Gasteiger partial charge in [-0.1, -0.05) is 23.2 Å². The zero-order chi connectivity index (χ0) is 17.0. The van der Waals surface area contributed by atoms with Crippen LogP contribution in [-0.2, 0) is 9.53 Å². The molecule has 0 saturated carbocycles. The smallest absolute Gasteiger partial charge is 0.343 e. The maximum atomic E-state index is 13.7. The highest BCUT2D eigenvalue weighted by Gasteiger charge is 2.28. The lowest BCUT2D eigenvalue weighted by molar-refractivity contribution is -0.384. The molecule has 0 fully saturated rings. The van der Waals surface area contributed by atoms with Gasteiger partial charge in [0, 0.05) is 11.8 Å². The third-order valence-corrected chi connectivity index (χ3v) is 3.21. The highest BCUT2D eigenvalue weighted by molar-refractivity contribution is 6.39. The molecule has 22 heavy (non-hydrogen) atoms. The Hall–Kier alpha value is -2.19. The van der Waals surface area contributed by atoms with Crippen LogP contribution in [0.3, 0.4) is 0 Å². The Labute approximate surface area is 133 Å². The molecule has 0 aliphatic rings. The number of benzene rings is 1. The first kappa shape index (κ1) is 17.9. The number of aliphatic hydroxyl groups is 1. The van der Waals surface area contributed by atoms with Crippen LogP contribution < -0.4 is 0 Å². The highest BCUT2D eigenvalue weighted by atomic mass is 35.5. The first-order valence-electron chi connectivity index (χ1n) is 5.69. The normalized spacial score (nSPS) is 11.6. The van der Waals surface area contributed by atoms with Crippen molar-refractivity contribution in [2.24, 2.45) is 0 Å². The Morgan fingerprint density at radius 3 is 2.59 bits per heavy atom. The van der Waals surface area contributed by atoms with Crippen molar-refractivity contribution in [2.45, 2.75) is 6.92 Å². The molecule has 1 aromatic rings. The minimum absolute atomic E-state index is 0.0354. The molecule has 0 spiro atoms. The van der Waals surface area contributed by atoms with Crippen molar-refractivity contribution in [2.75, 3.05) is 6.61 Å². The summed E-state index contributed by atoms with van der Waals surface area (Å²) in [4.78, 5) is 21.4. The molecule has 0 aliphatic heterocycles. The van der Waals surface area contributed by atoms with Crippen LogP contribution in [0, 0.1) is 21.3 Å². The second-order valence-electron chi connectivity index (χ2n) is 3.77. The molecule has 0 radical (unpaired) electrons. The fourth-order valence-electron chi connectivity index (χ4n) is 1.50. The third kappa shape index (κ3) is 3.34. The van der Waals surface area contributed by atoms with E-state index in [-0.39, 0.29) is 6.61 Å². The molecule has 10 heteroatoms. The van der Waals surface area contributed by atoms with Crippen LogP contribution >= 0.6 is 23.2 Å². The summed E-state index contributed by atoms with van der Waals surface area (Å²) in [6, 6.07) is 0.621. The Bertz CT molecular complexity index is 691. The first-order valence-corrected chi connectivity index (χ1v) is 6.44. The van der Waals surface area contributed by atoms with Crippen molar-refractivity contribution in [1.29, 1.82) is 5.41 Å². The second kappa shape index (κ2) is 7.19. The molecule has 118 valence electrons. The number of nitro groups is 1. The number of esters is 1. The summed E-state index contributed by atoms with van der Waals surface area (Å²) in [6.45, 7) is 1.46. The van der Waals surface area contributed by atoms with Gasteiger partial charge in [-0.3, -0.25) is 10.1 Å².